The number of nitrogens with zero attached hydrogens (tertiary/aromatic N) is 2. The van der Waals surface area contributed by atoms with Crippen molar-refractivity contribution in [1.82, 2.24) is 9.97 Å². The molecule has 2 heterocycles. The van der Waals surface area contributed by atoms with E-state index in [1.54, 1.807) is 6.20 Å². The van der Waals surface area contributed by atoms with Crippen LogP contribution in [0.4, 0.5) is 0 Å². The Bertz CT molecular complexity index is 623. The maximum atomic E-state index is 5.59. The average Bonchev–Trinajstić information content (AvgIpc) is 2.81. The molecule has 0 bridgehead atoms. The highest BCUT2D eigenvalue weighted by atomic mass is 16.4. The smallest absolute Gasteiger partial charge is 0.246 e. The number of aryl methyl sites for hydroxylation is 3. The lowest BCUT2D eigenvalue weighted by atomic mass is 10.1. The normalized spacial score (nSPS) is 10.9. The van der Waals surface area contributed by atoms with Gasteiger partial charge in [0.2, 0.25) is 5.71 Å². The van der Waals surface area contributed by atoms with Gasteiger partial charge in [0.05, 0.1) is 0 Å². The Morgan fingerprint density at radius 1 is 1.06 bits per heavy atom. The van der Waals surface area contributed by atoms with E-state index in [0.29, 0.717) is 5.71 Å². The van der Waals surface area contributed by atoms with Crippen molar-refractivity contribution < 1.29 is 4.42 Å². The molecule has 3 aromatic rings. The highest BCUT2D eigenvalue weighted by molar-refractivity contribution is 5.67. The van der Waals surface area contributed by atoms with Crippen LogP contribution in [0.1, 0.15) is 17.0 Å². The summed E-state index contributed by atoms with van der Waals surface area (Å²) in [5.74, 6) is 0.754. The van der Waals surface area contributed by atoms with E-state index in [1.165, 1.54) is 11.1 Å². The van der Waals surface area contributed by atoms with Crippen LogP contribution in [-0.4, -0.2) is 9.97 Å². The first-order chi connectivity index (χ1) is 8.81. The first-order valence-electron chi connectivity index (χ1n) is 6.07. The van der Waals surface area contributed by atoms with Gasteiger partial charge in [-0.2, -0.15) is 0 Å². The van der Waals surface area contributed by atoms with Gasteiger partial charge in [0, 0.05) is 12.6 Å². The fourth-order valence-electron chi connectivity index (χ4n) is 1.93. The Hall–Kier alpha value is -2.16. The van der Waals surface area contributed by atoms with E-state index in [-0.39, 0.29) is 0 Å². The molecule has 0 unspecified atom stereocenters. The maximum absolute atomic E-state index is 5.59. The molecule has 3 nitrogen and oxygen atoms in total. The van der Waals surface area contributed by atoms with Crippen molar-refractivity contribution in [3.63, 3.8) is 0 Å². The predicted molar refractivity (Wildman–Crippen MR) is 70.4 cm³/mol. The Kier molecular flexibility index (Phi) is 2.81. The molecule has 3 rings (SSSR count). The summed E-state index contributed by atoms with van der Waals surface area (Å²) in [7, 11) is 0. The maximum Gasteiger partial charge on any atom is 0.246 e. The number of oxazole rings is 1. The Balaban J connectivity index is 1.74. The molecule has 2 aromatic heterocycles. The van der Waals surface area contributed by atoms with E-state index in [9.17, 15) is 0 Å². The molecule has 0 aliphatic rings. The number of aromatic nitrogens is 2. The monoisotopic (exact) mass is 238 g/mol. The zero-order valence-corrected chi connectivity index (χ0v) is 10.3. The quantitative estimate of drug-likeness (QED) is 0.702. The van der Waals surface area contributed by atoms with Gasteiger partial charge in [-0.15, -0.1) is 0 Å². The van der Waals surface area contributed by atoms with Crippen molar-refractivity contribution in [2.45, 2.75) is 19.8 Å². The Morgan fingerprint density at radius 3 is 2.67 bits per heavy atom. The molecule has 0 N–H and O–H groups in total. The average molecular weight is 238 g/mol. The van der Waals surface area contributed by atoms with Crippen LogP contribution in [0.15, 0.2) is 47.0 Å². The van der Waals surface area contributed by atoms with Crippen molar-refractivity contribution in [1.29, 1.82) is 0 Å². The SMILES string of the molecule is Cc1ccc(CCc2nc3cccnc3o2)cc1. The molecule has 0 saturated heterocycles. The Labute approximate surface area is 105 Å². The fourth-order valence-corrected chi connectivity index (χ4v) is 1.93. The predicted octanol–water partition coefficient (Wildman–Crippen LogP) is 3.32. The topological polar surface area (TPSA) is 38.9 Å². The highest BCUT2D eigenvalue weighted by Gasteiger charge is 2.05. The van der Waals surface area contributed by atoms with Gasteiger partial charge in [0.25, 0.3) is 0 Å². The summed E-state index contributed by atoms with van der Waals surface area (Å²) in [6.45, 7) is 2.09. The van der Waals surface area contributed by atoms with E-state index in [1.807, 2.05) is 12.1 Å². The third-order valence-electron chi connectivity index (χ3n) is 2.96. The first-order valence-corrected chi connectivity index (χ1v) is 6.07. The molecule has 90 valence electrons. The van der Waals surface area contributed by atoms with Gasteiger partial charge in [0.15, 0.2) is 5.89 Å². The molecule has 1 aromatic carbocycles. The van der Waals surface area contributed by atoms with Gasteiger partial charge in [-0.05, 0) is 31.0 Å². The molecule has 0 amide bonds. The summed E-state index contributed by atoms with van der Waals surface area (Å²) in [5, 5.41) is 0. The van der Waals surface area contributed by atoms with Crippen LogP contribution < -0.4 is 0 Å². The lowest BCUT2D eigenvalue weighted by Crippen LogP contribution is -1.91. The molecule has 3 heteroatoms. The molecule has 0 fully saturated rings. The van der Waals surface area contributed by atoms with Gasteiger partial charge < -0.3 is 4.42 Å². The molecule has 18 heavy (non-hydrogen) atoms. The standard InChI is InChI=1S/C15H14N2O/c1-11-4-6-12(7-5-11)8-9-14-17-13-3-2-10-16-15(13)18-14/h2-7,10H,8-9H2,1H3. The first kappa shape index (κ1) is 11.0. The van der Waals surface area contributed by atoms with Crippen LogP contribution in [0, 0.1) is 6.92 Å². The van der Waals surface area contributed by atoms with Crippen molar-refractivity contribution in [2.24, 2.45) is 0 Å². The number of benzene rings is 1. The minimum Gasteiger partial charge on any atom is -0.422 e. The number of rotatable bonds is 3. The van der Waals surface area contributed by atoms with Gasteiger partial charge in [-0.25, -0.2) is 9.97 Å². The molecule has 0 aliphatic carbocycles. The van der Waals surface area contributed by atoms with Crippen molar-refractivity contribution in [3.8, 4) is 0 Å². The minimum atomic E-state index is 0.622. The van der Waals surface area contributed by atoms with Crippen molar-refractivity contribution in [3.05, 3.63) is 59.6 Å². The number of hydrogen-bond acceptors (Lipinski definition) is 3. The highest BCUT2D eigenvalue weighted by Crippen LogP contribution is 2.14. The van der Waals surface area contributed by atoms with E-state index >= 15 is 0 Å². The van der Waals surface area contributed by atoms with Gasteiger partial charge >= 0.3 is 0 Å². The summed E-state index contributed by atoms with van der Waals surface area (Å²) >= 11 is 0. The van der Waals surface area contributed by atoms with Crippen LogP contribution in [-0.2, 0) is 12.8 Å². The summed E-state index contributed by atoms with van der Waals surface area (Å²) < 4.78 is 5.59. The van der Waals surface area contributed by atoms with Crippen LogP contribution in [0.25, 0.3) is 11.2 Å². The van der Waals surface area contributed by atoms with Gasteiger partial charge in [0.1, 0.15) is 5.52 Å². The summed E-state index contributed by atoms with van der Waals surface area (Å²) in [6, 6.07) is 12.3. The summed E-state index contributed by atoms with van der Waals surface area (Å²) in [6.07, 6.45) is 3.46. The molecule has 0 aliphatic heterocycles. The number of hydrogen-bond donors (Lipinski definition) is 0. The molecular formula is C15H14N2O. The van der Waals surface area contributed by atoms with E-state index in [4.69, 9.17) is 4.42 Å². The zero-order chi connectivity index (χ0) is 12.4. The molecular weight excluding hydrogens is 224 g/mol. The second kappa shape index (κ2) is 4.61. The van der Waals surface area contributed by atoms with Crippen molar-refractivity contribution in [2.75, 3.05) is 0 Å². The summed E-state index contributed by atoms with van der Waals surface area (Å²) in [4.78, 5) is 8.56. The van der Waals surface area contributed by atoms with E-state index in [2.05, 4.69) is 41.2 Å². The third kappa shape index (κ3) is 2.25. The molecule has 0 radical (unpaired) electrons. The molecule has 0 saturated carbocycles. The zero-order valence-electron chi connectivity index (χ0n) is 10.3. The van der Waals surface area contributed by atoms with E-state index < -0.39 is 0 Å². The second-order valence-corrected chi connectivity index (χ2v) is 4.42. The van der Waals surface area contributed by atoms with Crippen LogP contribution in [0.3, 0.4) is 0 Å². The summed E-state index contributed by atoms with van der Waals surface area (Å²) in [5.41, 5.74) is 4.04. The van der Waals surface area contributed by atoms with E-state index in [0.717, 1.165) is 24.2 Å². The van der Waals surface area contributed by atoms with Crippen LogP contribution in [0.2, 0.25) is 0 Å². The molecule has 0 atom stereocenters. The number of pyridine rings is 1. The third-order valence-corrected chi connectivity index (χ3v) is 2.96. The number of fused-ring (bicyclic) bond motifs is 1. The second-order valence-electron chi connectivity index (χ2n) is 4.42. The fraction of sp³-hybridized carbons (Fsp3) is 0.200. The van der Waals surface area contributed by atoms with Crippen LogP contribution >= 0.6 is 0 Å². The van der Waals surface area contributed by atoms with Crippen LogP contribution in [0.5, 0.6) is 0 Å². The minimum absolute atomic E-state index is 0.622. The molecule has 0 spiro atoms. The van der Waals surface area contributed by atoms with Gasteiger partial charge in [-0.3, -0.25) is 0 Å². The lowest BCUT2D eigenvalue weighted by Gasteiger charge is -1.99. The Morgan fingerprint density at radius 2 is 1.89 bits per heavy atom. The van der Waals surface area contributed by atoms with Gasteiger partial charge in [-0.1, -0.05) is 29.8 Å². The van der Waals surface area contributed by atoms with Crippen molar-refractivity contribution >= 4 is 11.2 Å². The largest absolute Gasteiger partial charge is 0.422 e. The lowest BCUT2D eigenvalue weighted by molar-refractivity contribution is 0.520.